The van der Waals surface area contributed by atoms with Crippen molar-refractivity contribution in [3.8, 4) is 0 Å². The topological polar surface area (TPSA) is 88.5 Å². The molecule has 0 radical (unpaired) electrons. The summed E-state index contributed by atoms with van der Waals surface area (Å²) in [5.41, 5.74) is -4.92. The molecule has 4 bridgehead atoms. The van der Waals surface area contributed by atoms with Crippen molar-refractivity contribution in [3.05, 3.63) is 59.2 Å². The molecule has 0 heterocycles. The van der Waals surface area contributed by atoms with Crippen LogP contribution >= 0.6 is 0 Å². The molecular formula is C38H50O5. The van der Waals surface area contributed by atoms with E-state index in [1.54, 1.807) is 38.1 Å². The van der Waals surface area contributed by atoms with Crippen molar-refractivity contribution in [1.29, 1.82) is 0 Å². The number of carbonyl (C=O) groups excluding carboxylic acids is 4. The summed E-state index contributed by atoms with van der Waals surface area (Å²) in [6.07, 6.45) is 7.19. The average Bonchev–Trinajstić information content (AvgIpc) is 3.07. The predicted octanol–water partition coefficient (Wildman–Crippen LogP) is 7.52. The van der Waals surface area contributed by atoms with Gasteiger partial charge in [-0.1, -0.05) is 81.3 Å². The van der Waals surface area contributed by atoms with Gasteiger partial charge in [0.15, 0.2) is 28.5 Å². The minimum Gasteiger partial charge on any atom is -0.390 e. The summed E-state index contributed by atoms with van der Waals surface area (Å²) in [5, 5.41) is 11.4. The summed E-state index contributed by atoms with van der Waals surface area (Å²) < 4.78 is 0. The Morgan fingerprint density at radius 3 is 2.14 bits per heavy atom. The van der Waals surface area contributed by atoms with E-state index in [-0.39, 0.29) is 36.4 Å². The zero-order valence-electron chi connectivity index (χ0n) is 27.6. The predicted molar refractivity (Wildman–Crippen MR) is 168 cm³/mol. The molecule has 5 aliphatic carbocycles. The van der Waals surface area contributed by atoms with Gasteiger partial charge in [-0.05, 0) is 102 Å². The Kier molecular flexibility index (Phi) is 7.33. The van der Waals surface area contributed by atoms with Crippen molar-refractivity contribution in [2.75, 3.05) is 0 Å². The largest absolute Gasteiger partial charge is 0.390 e. The SMILES string of the molecule is CC(C)=CCCC(C)=CC[C@@]12C[C@H]3C[C@@H]4C(C)(C)[C@H](C(C)(C)O)C[C@]4(C1=O)C(=O)[C@@](C(=O)c1ccccc1)(C2=O)C3(C)C. The number of allylic oxidation sites excluding steroid dienone is 4. The molecule has 0 saturated heterocycles. The fraction of sp³-hybridized carbons (Fsp3) is 0.632. The third-order valence-electron chi connectivity index (χ3n) is 12.5. The monoisotopic (exact) mass is 586 g/mol. The lowest BCUT2D eigenvalue weighted by atomic mass is 9.37. The van der Waals surface area contributed by atoms with Crippen LogP contribution in [0.1, 0.15) is 111 Å². The molecule has 1 aromatic carbocycles. The second-order valence-corrected chi connectivity index (χ2v) is 16.2. The van der Waals surface area contributed by atoms with Crippen molar-refractivity contribution in [1.82, 2.24) is 0 Å². The molecule has 5 fully saturated rings. The Bertz CT molecular complexity index is 1430. The number of rotatable bonds is 8. The summed E-state index contributed by atoms with van der Waals surface area (Å²) in [7, 11) is 0. The van der Waals surface area contributed by atoms with Crippen molar-refractivity contribution in [3.63, 3.8) is 0 Å². The van der Waals surface area contributed by atoms with E-state index in [1.165, 1.54) is 5.57 Å². The van der Waals surface area contributed by atoms with Crippen LogP contribution < -0.4 is 0 Å². The molecule has 5 saturated carbocycles. The molecule has 6 atom stereocenters. The van der Waals surface area contributed by atoms with Crippen molar-refractivity contribution in [2.24, 2.45) is 44.8 Å². The highest BCUT2D eigenvalue weighted by Crippen LogP contribution is 2.77. The highest BCUT2D eigenvalue weighted by molar-refractivity contribution is 6.42. The molecule has 0 aromatic heterocycles. The van der Waals surface area contributed by atoms with Crippen LogP contribution in [-0.2, 0) is 14.4 Å². The molecule has 1 N–H and O–H groups in total. The first-order chi connectivity index (χ1) is 19.8. The van der Waals surface area contributed by atoms with Gasteiger partial charge < -0.3 is 5.11 Å². The summed E-state index contributed by atoms with van der Waals surface area (Å²) in [6.45, 7) is 17.7. The minimum atomic E-state index is -1.96. The maximum absolute atomic E-state index is 15.5. The van der Waals surface area contributed by atoms with E-state index in [1.807, 2.05) is 32.9 Å². The van der Waals surface area contributed by atoms with Gasteiger partial charge in [-0.15, -0.1) is 0 Å². The Labute approximate surface area is 257 Å². The fourth-order valence-corrected chi connectivity index (χ4v) is 10.2. The molecule has 232 valence electrons. The molecule has 5 heteroatoms. The molecular weight excluding hydrogens is 536 g/mol. The quantitative estimate of drug-likeness (QED) is 0.193. The van der Waals surface area contributed by atoms with E-state index in [0.717, 1.165) is 18.4 Å². The van der Waals surface area contributed by atoms with E-state index in [4.69, 9.17) is 0 Å². The number of ketones is 4. The molecule has 6 rings (SSSR count). The normalized spacial score (nSPS) is 36.0. The van der Waals surface area contributed by atoms with Gasteiger partial charge in [0.05, 0.1) is 16.4 Å². The zero-order chi connectivity index (χ0) is 32.0. The fourth-order valence-electron chi connectivity index (χ4n) is 10.2. The minimum absolute atomic E-state index is 0.163. The molecule has 1 aromatic rings. The van der Waals surface area contributed by atoms with Crippen LogP contribution in [0.2, 0.25) is 0 Å². The lowest BCUT2D eigenvalue weighted by Crippen LogP contribution is -2.75. The van der Waals surface area contributed by atoms with Crippen molar-refractivity contribution in [2.45, 2.75) is 106 Å². The van der Waals surface area contributed by atoms with Crippen LogP contribution in [0.15, 0.2) is 53.6 Å². The van der Waals surface area contributed by atoms with Gasteiger partial charge in [0, 0.05) is 5.56 Å². The van der Waals surface area contributed by atoms with Crippen LogP contribution in [0, 0.1) is 44.8 Å². The number of Topliss-reactive ketones (excluding diaryl/α,β-unsaturated/α-hetero) is 4. The Morgan fingerprint density at radius 1 is 0.930 bits per heavy atom. The number of carbonyl (C=O) groups is 4. The summed E-state index contributed by atoms with van der Waals surface area (Å²) in [6, 6.07) is 8.69. The molecule has 1 spiro atoms. The van der Waals surface area contributed by atoms with Crippen LogP contribution in [0.3, 0.4) is 0 Å². The van der Waals surface area contributed by atoms with Crippen molar-refractivity contribution >= 4 is 23.1 Å². The van der Waals surface area contributed by atoms with Crippen LogP contribution in [0.4, 0.5) is 0 Å². The third kappa shape index (κ3) is 4.05. The van der Waals surface area contributed by atoms with E-state index < -0.39 is 50.0 Å². The van der Waals surface area contributed by atoms with Crippen LogP contribution in [-0.4, -0.2) is 33.8 Å². The van der Waals surface area contributed by atoms with E-state index in [9.17, 15) is 9.90 Å². The van der Waals surface area contributed by atoms with Gasteiger partial charge in [-0.3, -0.25) is 19.2 Å². The average molecular weight is 587 g/mol. The van der Waals surface area contributed by atoms with Gasteiger partial charge in [0.1, 0.15) is 0 Å². The lowest BCUT2D eigenvalue weighted by Gasteiger charge is -2.60. The van der Waals surface area contributed by atoms with Crippen LogP contribution in [0.25, 0.3) is 0 Å². The molecule has 5 aliphatic rings. The number of hydrogen-bond donors (Lipinski definition) is 1. The standard InChI is InChI=1S/C38H50O5/c1-23(2)14-13-15-24(3)18-19-36-21-26-20-27-33(4,5)28(35(8,9)43)22-37(27,30(36)40)32(42)38(31(36)41,34(26,6)7)29(39)25-16-11-10-12-17-25/h10-12,14,16-18,26-28,43H,13,15,19-22H2,1-9H3/t26-,27-,28-,36-,37+,38-/m1/s1. The molecule has 0 amide bonds. The highest BCUT2D eigenvalue weighted by atomic mass is 16.3. The highest BCUT2D eigenvalue weighted by Gasteiger charge is 2.86. The first kappa shape index (κ1) is 31.8. The molecule has 43 heavy (non-hydrogen) atoms. The molecule has 5 nitrogen and oxygen atoms in total. The Balaban J connectivity index is 1.78. The second-order valence-electron chi connectivity index (χ2n) is 16.2. The van der Waals surface area contributed by atoms with E-state index in [2.05, 4.69) is 33.8 Å². The number of benzene rings is 1. The number of aliphatic hydroxyl groups is 1. The summed E-state index contributed by atoms with van der Waals surface area (Å²) in [4.78, 5) is 60.8. The van der Waals surface area contributed by atoms with Crippen LogP contribution in [0.5, 0.6) is 0 Å². The van der Waals surface area contributed by atoms with Crippen molar-refractivity contribution < 1.29 is 24.3 Å². The first-order valence-corrected chi connectivity index (χ1v) is 16.1. The lowest BCUT2D eigenvalue weighted by molar-refractivity contribution is -0.181. The van der Waals surface area contributed by atoms with Gasteiger partial charge in [0.25, 0.3) is 0 Å². The van der Waals surface area contributed by atoms with Gasteiger partial charge in [0.2, 0.25) is 0 Å². The van der Waals surface area contributed by atoms with E-state index in [0.29, 0.717) is 18.4 Å². The van der Waals surface area contributed by atoms with Gasteiger partial charge >= 0.3 is 0 Å². The van der Waals surface area contributed by atoms with E-state index >= 15 is 14.4 Å². The third-order valence-corrected chi connectivity index (χ3v) is 12.5. The zero-order valence-corrected chi connectivity index (χ0v) is 27.6. The first-order valence-electron chi connectivity index (χ1n) is 16.1. The molecule has 0 unspecified atom stereocenters. The summed E-state index contributed by atoms with van der Waals surface area (Å²) >= 11 is 0. The second kappa shape index (κ2) is 9.92. The summed E-state index contributed by atoms with van der Waals surface area (Å²) in [5.74, 6) is -2.67. The maximum Gasteiger partial charge on any atom is 0.184 e. The maximum atomic E-state index is 15.5. The molecule has 0 aliphatic heterocycles. The Morgan fingerprint density at radius 2 is 1.56 bits per heavy atom. The number of hydrogen-bond acceptors (Lipinski definition) is 5. The smallest absolute Gasteiger partial charge is 0.184 e. The Hall–Kier alpha value is -2.66. The van der Waals surface area contributed by atoms with Gasteiger partial charge in [-0.2, -0.15) is 0 Å². The van der Waals surface area contributed by atoms with Gasteiger partial charge in [-0.25, -0.2) is 0 Å².